The van der Waals surface area contributed by atoms with Gasteiger partial charge in [-0.2, -0.15) is 0 Å². The van der Waals surface area contributed by atoms with Crippen molar-refractivity contribution in [1.82, 2.24) is 5.32 Å². The van der Waals surface area contributed by atoms with Crippen LogP contribution in [-0.2, 0) is 9.59 Å². The molecule has 92 valence electrons. The van der Waals surface area contributed by atoms with Gasteiger partial charge < -0.3 is 10.4 Å². The zero-order chi connectivity index (χ0) is 12.9. The number of hydrogen-bond donors (Lipinski definition) is 2. The van der Waals surface area contributed by atoms with Crippen LogP contribution in [-0.4, -0.2) is 28.6 Å². The van der Waals surface area contributed by atoms with Gasteiger partial charge in [0.25, 0.3) is 5.91 Å². The van der Waals surface area contributed by atoms with Gasteiger partial charge in [0.2, 0.25) is 11.6 Å². The molecule has 0 aliphatic carbocycles. The first kappa shape index (κ1) is 10.8. The molecule has 2 heterocycles. The van der Waals surface area contributed by atoms with Crippen molar-refractivity contribution in [2.24, 2.45) is 0 Å². The van der Waals surface area contributed by atoms with Gasteiger partial charge in [-0.3, -0.25) is 14.5 Å². The summed E-state index contributed by atoms with van der Waals surface area (Å²) in [6.07, 6.45) is 0.197. The fourth-order valence-corrected chi connectivity index (χ4v) is 2.55. The van der Waals surface area contributed by atoms with E-state index in [-0.39, 0.29) is 18.7 Å². The van der Waals surface area contributed by atoms with Gasteiger partial charge in [0, 0.05) is 12.8 Å². The predicted octanol–water partition coefficient (Wildman–Crippen LogP) is 0.338. The number of fused-ring (bicyclic) bond motifs is 3. The standard InChI is InChI=1S/C12H10N2O4/c15-9-5-6-12(11(17)18)13-10(16)7-3-1-2-4-8(7)14(9)12/h1-4H,5-6H2,(H,13,16)(H,17,18)/t12-/m0/s1. The number of nitrogens with one attached hydrogen (secondary N) is 1. The Hall–Kier alpha value is -2.37. The highest BCUT2D eigenvalue weighted by molar-refractivity contribution is 6.15. The average Bonchev–Trinajstić information content (AvgIpc) is 2.69. The van der Waals surface area contributed by atoms with Crippen molar-refractivity contribution in [2.75, 3.05) is 4.90 Å². The Bertz CT molecular complexity index is 583. The quantitative estimate of drug-likeness (QED) is 0.748. The minimum Gasteiger partial charge on any atom is -0.478 e. The number of carbonyl (C=O) groups excluding carboxylic acids is 2. The van der Waals surface area contributed by atoms with Crippen molar-refractivity contribution in [3.05, 3.63) is 29.8 Å². The van der Waals surface area contributed by atoms with E-state index in [9.17, 15) is 19.5 Å². The highest BCUT2D eigenvalue weighted by Crippen LogP contribution is 2.39. The van der Waals surface area contributed by atoms with E-state index in [2.05, 4.69) is 5.32 Å². The second-order valence-corrected chi connectivity index (χ2v) is 4.37. The van der Waals surface area contributed by atoms with Crippen molar-refractivity contribution < 1.29 is 19.5 Å². The summed E-state index contributed by atoms with van der Waals surface area (Å²) in [5, 5.41) is 11.8. The van der Waals surface area contributed by atoms with Crippen molar-refractivity contribution in [2.45, 2.75) is 18.5 Å². The van der Waals surface area contributed by atoms with Gasteiger partial charge in [-0.05, 0) is 12.1 Å². The molecule has 0 aromatic heterocycles. The maximum Gasteiger partial charge on any atom is 0.351 e. The number of benzene rings is 1. The zero-order valence-corrected chi connectivity index (χ0v) is 9.34. The zero-order valence-electron chi connectivity index (χ0n) is 9.34. The molecule has 2 aliphatic heterocycles. The molecule has 2 N–H and O–H groups in total. The number of anilines is 1. The van der Waals surface area contributed by atoms with E-state index in [1.807, 2.05) is 0 Å². The smallest absolute Gasteiger partial charge is 0.351 e. The van der Waals surface area contributed by atoms with E-state index in [0.29, 0.717) is 11.3 Å². The van der Waals surface area contributed by atoms with Gasteiger partial charge in [-0.1, -0.05) is 12.1 Å². The number of carboxylic acids is 1. The normalized spacial score (nSPS) is 25.4. The molecule has 1 aromatic carbocycles. The Balaban J connectivity index is 2.25. The van der Waals surface area contributed by atoms with E-state index in [0.717, 1.165) is 0 Å². The van der Waals surface area contributed by atoms with Gasteiger partial charge in [0.1, 0.15) is 0 Å². The largest absolute Gasteiger partial charge is 0.478 e. The number of para-hydroxylation sites is 1. The van der Waals surface area contributed by atoms with Gasteiger partial charge >= 0.3 is 5.97 Å². The first-order valence-electron chi connectivity index (χ1n) is 5.54. The molecular formula is C12H10N2O4. The monoisotopic (exact) mass is 246 g/mol. The van der Waals surface area contributed by atoms with Crippen LogP contribution in [0, 0.1) is 0 Å². The number of amides is 2. The summed E-state index contributed by atoms with van der Waals surface area (Å²) in [7, 11) is 0. The lowest BCUT2D eigenvalue weighted by Crippen LogP contribution is -2.66. The molecule has 6 nitrogen and oxygen atoms in total. The summed E-state index contributed by atoms with van der Waals surface area (Å²) in [5.74, 6) is -1.96. The summed E-state index contributed by atoms with van der Waals surface area (Å²) in [6.45, 7) is 0. The Morgan fingerprint density at radius 3 is 2.78 bits per heavy atom. The Kier molecular flexibility index (Phi) is 1.98. The number of aliphatic carboxylic acids is 1. The third-order valence-corrected chi connectivity index (χ3v) is 3.40. The van der Waals surface area contributed by atoms with Gasteiger partial charge in [0.15, 0.2) is 0 Å². The van der Waals surface area contributed by atoms with Gasteiger partial charge in [-0.15, -0.1) is 0 Å². The first-order valence-corrected chi connectivity index (χ1v) is 5.54. The lowest BCUT2D eigenvalue weighted by atomic mass is 10.00. The van der Waals surface area contributed by atoms with Crippen LogP contribution >= 0.6 is 0 Å². The molecule has 3 rings (SSSR count). The van der Waals surface area contributed by atoms with Crippen LogP contribution in [0.4, 0.5) is 5.69 Å². The van der Waals surface area contributed by atoms with Crippen LogP contribution in [0.25, 0.3) is 0 Å². The van der Waals surface area contributed by atoms with Crippen LogP contribution in [0.1, 0.15) is 23.2 Å². The number of hydrogen-bond acceptors (Lipinski definition) is 3. The Morgan fingerprint density at radius 2 is 2.06 bits per heavy atom. The van der Waals surface area contributed by atoms with Crippen LogP contribution in [0.2, 0.25) is 0 Å². The molecule has 2 aliphatic rings. The third kappa shape index (κ3) is 1.14. The third-order valence-electron chi connectivity index (χ3n) is 3.40. The molecule has 0 unspecified atom stereocenters. The van der Waals surface area contributed by atoms with E-state index < -0.39 is 17.5 Å². The van der Waals surface area contributed by atoms with E-state index in [4.69, 9.17) is 0 Å². The van der Waals surface area contributed by atoms with Crippen molar-refractivity contribution in [3.63, 3.8) is 0 Å². The number of nitrogens with zero attached hydrogens (tertiary/aromatic N) is 1. The van der Waals surface area contributed by atoms with Crippen LogP contribution < -0.4 is 10.2 Å². The maximum atomic E-state index is 11.9. The molecule has 1 aromatic rings. The fourth-order valence-electron chi connectivity index (χ4n) is 2.55. The summed E-state index contributed by atoms with van der Waals surface area (Å²) < 4.78 is 0. The first-order chi connectivity index (χ1) is 8.56. The molecule has 0 spiro atoms. The van der Waals surface area contributed by atoms with Crippen LogP contribution in [0.3, 0.4) is 0 Å². The molecule has 2 amide bonds. The highest BCUT2D eigenvalue weighted by Gasteiger charge is 2.56. The minimum absolute atomic E-state index is 0.0846. The number of carboxylic acid groups (broad SMARTS) is 1. The lowest BCUT2D eigenvalue weighted by molar-refractivity contribution is -0.144. The Morgan fingerprint density at radius 1 is 1.33 bits per heavy atom. The molecule has 1 fully saturated rings. The summed E-state index contributed by atoms with van der Waals surface area (Å²) >= 11 is 0. The molecular weight excluding hydrogens is 236 g/mol. The van der Waals surface area contributed by atoms with E-state index in [1.54, 1.807) is 24.3 Å². The van der Waals surface area contributed by atoms with Crippen LogP contribution in [0.5, 0.6) is 0 Å². The Labute approximate surface area is 102 Å². The van der Waals surface area contributed by atoms with Gasteiger partial charge in [0.05, 0.1) is 11.3 Å². The topological polar surface area (TPSA) is 86.7 Å². The number of carbonyl (C=O) groups is 3. The molecule has 1 saturated heterocycles. The predicted molar refractivity (Wildman–Crippen MR) is 61.0 cm³/mol. The second-order valence-electron chi connectivity index (χ2n) is 4.37. The SMILES string of the molecule is O=C1N[C@@]2(C(=O)O)CCC(=O)N2c2ccccc21. The molecule has 6 heteroatoms. The van der Waals surface area contributed by atoms with E-state index in [1.165, 1.54) is 4.90 Å². The lowest BCUT2D eigenvalue weighted by Gasteiger charge is -2.39. The molecule has 0 bridgehead atoms. The van der Waals surface area contributed by atoms with Crippen molar-refractivity contribution >= 4 is 23.5 Å². The van der Waals surface area contributed by atoms with Gasteiger partial charge in [-0.25, -0.2) is 4.79 Å². The molecule has 0 saturated carbocycles. The molecule has 0 radical (unpaired) electrons. The highest BCUT2D eigenvalue weighted by atomic mass is 16.4. The summed E-state index contributed by atoms with van der Waals surface area (Å²) in [6, 6.07) is 6.51. The van der Waals surface area contributed by atoms with Crippen LogP contribution in [0.15, 0.2) is 24.3 Å². The molecule has 18 heavy (non-hydrogen) atoms. The minimum atomic E-state index is -1.62. The van der Waals surface area contributed by atoms with E-state index >= 15 is 0 Å². The molecule has 1 atom stereocenters. The van der Waals surface area contributed by atoms with Crippen molar-refractivity contribution in [3.8, 4) is 0 Å². The number of rotatable bonds is 1. The summed E-state index contributed by atoms with van der Waals surface area (Å²) in [5.41, 5.74) is -0.932. The average molecular weight is 246 g/mol. The van der Waals surface area contributed by atoms with Crippen molar-refractivity contribution in [1.29, 1.82) is 0 Å². The summed E-state index contributed by atoms with van der Waals surface area (Å²) in [4.78, 5) is 36.5. The second kappa shape index (κ2) is 3.32. The maximum absolute atomic E-state index is 11.9. The fraction of sp³-hybridized carbons (Fsp3) is 0.250.